The summed E-state index contributed by atoms with van der Waals surface area (Å²) in [5.74, 6) is 2.59. The summed E-state index contributed by atoms with van der Waals surface area (Å²) in [6.45, 7) is 9.62. The van der Waals surface area contributed by atoms with Gasteiger partial charge in [0.2, 0.25) is 0 Å². The Morgan fingerprint density at radius 3 is 2.52 bits per heavy atom. The fourth-order valence-corrected chi connectivity index (χ4v) is 4.32. The molecule has 33 heavy (non-hydrogen) atoms. The monoisotopic (exact) mass is 575 g/mol. The van der Waals surface area contributed by atoms with Gasteiger partial charge in [0.1, 0.15) is 0 Å². The van der Waals surface area contributed by atoms with Crippen molar-refractivity contribution in [2.24, 2.45) is 4.99 Å². The molecule has 2 aliphatic heterocycles. The van der Waals surface area contributed by atoms with Crippen LogP contribution in [0.15, 0.2) is 23.2 Å². The molecule has 3 rings (SSSR count). The molecule has 1 N–H and O–H groups in total. The van der Waals surface area contributed by atoms with Crippen molar-refractivity contribution in [3.63, 3.8) is 0 Å². The average molecular weight is 576 g/mol. The standard InChI is InChI=1S/C25H41N3O4.HI/c1-4-29-23-10-9-20(18-24(23)30-5-2)11-14-27-25(26-3)28-15-12-21(13-16-28)32-19-22-8-6-7-17-31-22;/h9-10,18,21-22H,4-8,11-17,19H2,1-3H3,(H,26,27);1H. The van der Waals surface area contributed by atoms with E-state index in [9.17, 15) is 0 Å². The molecule has 1 unspecified atom stereocenters. The summed E-state index contributed by atoms with van der Waals surface area (Å²) >= 11 is 0. The summed E-state index contributed by atoms with van der Waals surface area (Å²) in [5, 5.41) is 3.52. The van der Waals surface area contributed by atoms with Gasteiger partial charge in [-0.2, -0.15) is 0 Å². The van der Waals surface area contributed by atoms with Gasteiger partial charge in [0.25, 0.3) is 0 Å². The summed E-state index contributed by atoms with van der Waals surface area (Å²) in [7, 11) is 1.86. The van der Waals surface area contributed by atoms with Crippen LogP contribution < -0.4 is 14.8 Å². The van der Waals surface area contributed by atoms with E-state index in [1.807, 2.05) is 27.0 Å². The van der Waals surface area contributed by atoms with E-state index < -0.39 is 0 Å². The highest BCUT2D eigenvalue weighted by atomic mass is 127. The summed E-state index contributed by atoms with van der Waals surface area (Å²) in [6, 6.07) is 6.19. The second-order valence-electron chi connectivity index (χ2n) is 8.38. The number of halogens is 1. The number of hydrogen-bond donors (Lipinski definition) is 1. The second-order valence-corrected chi connectivity index (χ2v) is 8.38. The molecule has 0 amide bonds. The summed E-state index contributed by atoms with van der Waals surface area (Å²) in [6.07, 6.45) is 7.17. The number of hydrogen-bond acceptors (Lipinski definition) is 5. The predicted molar refractivity (Wildman–Crippen MR) is 143 cm³/mol. The zero-order chi connectivity index (χ0) is 22.6. The molecular formula is C25H42IN3O4. The van der Waals surface area contributed by atoms with Crippen LogP contribution >= 0.6 is 24.0 Å². The summed E-state index contributed by atoms with van der Waals surface area (Å²) in [5.41, 5.74) is 1.22. The number of piperidine rings is 1. The van der Waals surface area contributed by atoms with Crippen LogP contribution in [0.25, 0.3) is 0 Å². The Kier molecular flexibility index (Phi) is 13.2. The van der Waals surface area contributed by atoms with Crippen molar-refractivity contribution < 1.29 is 18.9 Å². The molecule has 2 fully saturated rings. The lowest BCUT2D eigenvalue weighted by molar-refractivity contribution is -0.0721. The molecule has 0 saturated carbocycles. The van der Waals surface area contributed by atoms with Crippen LogP contribution in [-0.4, -0.2) is 76.2 Å². The minimum Gasteiger partial charge on any atom is -0.490 e. The molecular weight excluding hydrogens is 533 g/mol. The lowest BCUT2D eigenvalue weighted by Gasteiger charge is -2.35. The van der Waals surface area contributed by atoms with E-state index in [0.29, 0.717) is 25.4 Å². The van der Waals surface area contributed by atoms with Crippen molar-refractivity contribution in [2.45, 2.75) is 64.6 Å². The molecule has 2 saturated heterocycles. The van der Waals surface area contributed by atoms with E-state index in [-0.39, 0.29) is 24.0 Å². The molecule has 0 aliphatic carbocycles. The van der Waals surface area contributed by atoms with Crippen molar-refractivity contribution >= 4 is 29.9 Å². The Bertz CT molecular complexity index is 705. The van der Waals surface area contributed by atoms with E-state index in [0.717, 1.165) is 76.0 Å². The predicted octanol–water partition coefficient (Wildman–Crippen LogP) is 4.27. The number of nitrogens with zero attached hydrogens (tertiary/aromatic N) is 2. The Labute approximate surface area is 216 Å². The maximum absolute atomic E-state index is 6.15. The van der Waals surface area contributed by atoms with Crippen molar-refractivity contribution in [1.29, 1.82) is 0 Å². The van der Waals surface area contributed by atoms with Gasteiger partial charge in [-0.25, -0.2) is 0 Å². The number of ether oxygens (including phenoxy) is 4. The lowest BCUT2D eigenvalue weighted by Crippen LogP contribution is -2.47. The van der Waals surface area contributed by atoms with Gasteiger partial charge in [-0.15, -0.1) is 24.0 Å². The zero-order valence-corrected chi connectivity index (χ0v) is 22.8. The SMILES string of the molecule is CCOc1ccc(CCNC(=NC)N2CCC(OCC3CCCCO3)CC2)cc1OCC.I. The fourth-order valence-electron chi connectivity index (χ4n) is 4.32. The molecule has 2 aliphatic rings. The molecule has 1 aromatic rings. The minimum absolute atomic E-state index is 0. The second kappa shape index (κ2) is 15.6. The molecule has 0 radical (unpaired) electrons. The van der Waals surface area contributed by atoms with Crippen LogP contribution in [0.2, 0.25) is 0 Å². The Hall–Kier alpha value is -1.26. The molecule has 8 heteroatoms. The van der Waals surface area contributed by atoms with Crippen LogP contribution in [0.1, 0.15) is 51.5 Å². The van der Waals surface area contributed by atoms with Crippen LogP contribution in [0, 0.1) is 0 Å². The summed E-state index contributed by atoms with van der Waals surface area (Å²) in [4.78, 5) is 6.83. The average Bonchev–Trinajstić information content (AvgIpc) is 2.83. The van der Waals surface area contributed by atoms with E-state index in [1.54, 1.807) is 0 Å². The van der Waals surface area contributed by atoms with Crippen molar-refractivity contribution in [2.75, 3.05) is 53.1 Å². The first-order chi connectivity index (χ1) is 15.7. The molecule has 2 heterocycles. The Morgan fingerprint density at radius 2 is 1.85 bits per heavy atom. The smallest absolute Gasteiger partial charge is 0.193 e. The lowest BCUT2D eigenvalue weighted by atomic mass is 10.1. The van der Waals surface area contributed by atoms with Gasteiger partial charge in [-0.05, 0) is 70.1 Å². The number of benzene rings is 1. The van der Waals surface area contributed by atoms with Crippen molar-refractivity contribution in [3.05, 3.63) is 23.8 Å². The van der Waals surface area contributed by atoms with Gasteiger partial charge in [0, 0.05) is 33.3 Å². The van der Waals surface area contributed by atoms with Gasteiger partial charge in [0.05, 0.1) is 32.0 Å². The van der Waals surface area contributed by atoms with Crippen LogP contribution in [-0.2, 0) is 15.9 Å². The third-order valence-electron chi connectivity index (χ3n) is 6.05. The highest BCUT2D eigenvalue weighted by Crippen LogP contribution is 2.28. The molecule has 1 atom stereocenters. The largest absolute Gasteiger partial charge is 0.490 e. The van der Waals surface area contributed by atoms with Crippen LogP contribution in [0.4, 0.5) is 0 Å². The van der Waals surface area contributed by atoms with Crippen molar-refractivity contribution in [3.8, 4) is 11.5 Å². The van der Waals surface area contributed by atoms with Crippen LogP contribution in [0.3, 0.4) is 0 Å². The normalized spacial score (nSPS) is 19.7. The first-order valence-corrected chi connectivity index (χ1v) is 12.3. The minimum atomic E-state index is 0. The first kappa shape index (κ1) is 28.0. The topological polar surface area (TPSA) is 64.6 Å². The maximum Gasteiger partial charge on any atom is 0.193 e. The number of guanidine groups is 1. The third-order valence-corrected chi connectivity index (χ3v) is 6.05. The van der Waals surface area contributed by atoms with Gasteiger partial charge < -0.3 is 29.2 Å². The van der Waals surface area contributed by atoms with E-state index in [4.69, 9.17) is 18.9 Å². The molecule has 0 aromatic heterocycles. The first-order valence-electron chi connectivity index (χ1n) is 12.3. The zero-order valence-electron chi connectivity index (χ0n) is 20.5. The number of aliphatic imine (C=N–C) groups is 1. The van der Waals surface area contributed by atoms with Gasteiger partial charge in [-0.1, -0.05) is 6.07 Å². The maximum atomic E-state index is 6.15. The molecule has 0 spiro atoms. The highest BCUT2D eigenvalue weighted by molar-refractivity contribution is 14.0. The van der Waals surface area contributed by atoms with E-state index >= 15 is 0 Å². The van der Waals surface area contributed by atoms with Gasteiger partial charge in [0.15, 0.2) is 17.5 Å². The number of nitrogens with one attached hydrogen (secondary N) is 1. The van der Waals surface area contributed by atoms with Crippen molar-refractivity contribution in [1.82, 2.24) is 10.2 Å². The van der Waals surface area contributed by atoms with Gasteiger partial charge >= 0.3 is 0 Å². The molecule has 1 aromatic carbocycles. The molecule has 0 bridgehead atoms. The third kappa shape index (κ3) is 9.13. The highest BCUT2D eigenvalue weighted by Gasteiger charge is 2.23. The Balaban J connectivity index is 0.00000385. The quantitative estimate of drug-likeness (QED) is 0.256. The fraction of sp³-hybridized carbons (Fsp3) is 0.720. The summed E-state index contributed by atoms with van der Waals surface area (Å²) < 4.78 is 23.3. The molecule has 188 valence electrons. The van der Waals surface area contributed by atoms with E-state index in [1.165, 1.54) is 18.4 Å². The number of likely N-dealkylation sites (tertiary alicyclic amines) is 1. The van der Waals surface area contributed by atoms with E-state index in [2.05, 4.69) is 27.3 Å². The Morgan fingerprint density at radius 1 is 1.09 bits per heavy atom. The molecule has 7 nitrogen and oxygen atoms in total. The van der Waals surface area contributed by atoms with Gasteiger partial charge in [-0.3, -0.25) is 4.99 Å². The van der Waals surface area contributed by atoms with Crippen LogP contribution in [0.5, 0.6) is 11.5 Å². The number of rotatable bonds is 10.